The summed E-state index contributed by atoms with van der Waals surface area (Å²) in [6.45, 7) is 5.86. The number of hydrogen-bond donors (Lipinski definition) is 1. The van der Waals surface area contributed by atoms with Gasteiger partial charge in [0.05, 0.1) is 5.60 Å². The molecule has 1 atom stereocenters. The zero-order chi connectivity index (χ0) is 6.91. The van der Waals surface area contributed by atoms with E-state index in [2.05, 4.69) is 13.8 Å². The highest BCUT2D eigenvalue weighted by molar-refractivity contribution is 4.84. The van der Waals surface area contributed by atoms with E-state index in [9.17, 15) is 0 Å². The molecule has 9 heavy (non-hydrogen) atoms. The Bertz CT molecular complexity index is 101. The van der Waals surface area contributed by atoms with E-state index in [1.165, 1.54) is 0 Å². The van der Waals surface area contributed by atoms with Gasteiger partial charge in [0.1, 0.15) is 0 Å². The molecule has 1 rings (SSSR count). The molecule has 0 radical (unpaired) electrons. The van der Waals surface area contributed by atoms with Crippen LogP contribution in [0.1, 0.15) is 20.3 Å². The molecule has 1 aliphatic rings. The molecule has 1 heterocycles. The van der Waals surface area contributed by atoms with Gasteiger partial charge in [0, 0.05) is 12.5 Å². The zero-order valence-corrected chi connectivity index (χ0v) is 6.18. The highest BCUT2D eigenvalue weighted by Crippen LogP contribution is 2.29. The number of hydrogen-bond acceptors (Lipinski definition) is 2. The number of ether oxygens (including phenoxy) is 1. The second-order valence-corrected chi connectivity index (χ2v) is 3.17. The summed E-state index contributed by atoms with van der Waals surface area (Å²) < 4.78 is 5.46. The van der Waals surface area contributed by atoms with Gasteiger partial charge in [-0.25, -0.2) is 0 Å². The average Bonchev–Trinajstić information content (AvgIpc) is 2.08. The van der Waals surface area contributed by atoms with E-state index in [1.807, 2.05) is 0 Å². The maximum atomic E-state index is 5.53. The molecule has 0 aliphatic carbocycles. The van der Waals surface area contributed by atoms with Crippen LogP contribution in [0.25, 0.3) is 0 Å². The predicted octanol–water partition coefficient (Wildman–Crippen LogP) is 0.760. The molecule has 0 bridgehead atoms. The van der Waals surface area contributed by atoms with Crippen molar-refractivity contribution in [1.82, 2.24) is 0 Å². The molecule has 0 amide bonds. The SMILES string of the molecule is CC1(C)OCC[C@H]1CN. The van der Waals surface area contributed by atoms with Crippen LogP contribution in [0.4, 0.5) is 0 Å². The van der Waals surface area contributed by atoms with Gasteiger partial charge in [0.2, 0.25) is 0 Å². The Morgan fingerprint density at radius 2 is 2.33 bits per heavy atom. The third kappa shape index (κ3) is 1.25. The van der Waals surface area contributed by atoms with Gasteiger partial charge < -0.3 is 10.5 Å². The maximum absolute atomic E-state index is 5.53. The van der Waals surface area contributed by atoms with E-state index in [-0.39, 0.29) is 5.60 Å². The monoisotopic (exact) mass is 129 g/mol. The van der Waals surface area contributed by atoms with Crippen molar-refractivity contribution in [2.24, 2.45) is 11.7 Å². The van der Waals surface area contributed by atoms with Crippen LogP contribution in [0, 0.1) is 5.92 Å². The summed E-state index contributed by atoms with van der Waals surface area (Å²) in [4.78, 5) is 0. The molecular formula is C7H15NO. The standard InChI is InChI=1S/C7H15NO/c1-7(2)6(5-8)3-4-9-7/h6H,3-5,8H2,1-2H3/t6-/m0/s1. The quantitative estimate of drug-likeness (QED) is 0.567. The Labute approximate surface area is 56.4 Å². The van der Waals surface area contributed by atoms with Crippen LogP contribution in [0.2, 0.25) is 0 Å². The van der Waals surface area contributed by atoms with E-state index in [0.29, 0.717) is 5.92 Å². The minimum Gasteiger partial charge on any atom is -0.375 e. The zero-order valence-electron chi connectivity index (χ0n) is 6.18. The van der Waals surface area contributed by atoms with Crippen LogP contribution in [0.3, 0.4) is 0 Å². The largest absolute Gasteiger partial charge is 0.375 e. The van der Waals surface area contributed by atoms with Gasteiger partial charge in [0.25, 0.3) is 0 Å². The van der Waals surface area contributed by atoms with Crippen molar-refractivity contribution in [2.45, 2.75) is 25.9 Å². The molecule has 0 aromatic carbocycles. The van der Waals surface area contributed by atoms with Crippen LogP contribution >= 0.6 is 0 Å². The predicted molar refractivity (Wildman–Crippen MR) is 37.2 cm³/mol. The topological polar surface area (TPSA) is 35.2 Å². The molecule has 2 heteroatoms. The molecular weight excluding hydrogens is 114 g/mol. The normalized spacial score (nSPS) is 33.0. The van der Waals surface area contributed by atoms with Crippen LogP contribution in [0.5, 0.6) is 0 Å². The summed E-state index contributed by atoms with van der Waals surface area (Å²) in [6.07, 6.45) is 1.13. The molecule has 2 nitrogen and oxygen atoms in total. The van der Waals surface area contributed by atoms with Crippen molar-refractivity contribution in [1.29, 1.82) is 0 Å². The molecule has 0 saturated carbocycles. The van der Waals surface area contributed by atoms with E-state index in [4.69, 9.17) is 10.5 Å². The first kappa shape index (κ1) is 7.03. The Balaban J connectivity index is 2.52. The highest BCUT2D eigenvalue weighted by Gasteiger charge is 2.34. The lowest BCUT2D eigenvalue weighted by molar-refractivity contribution is 0.0132. The Hall–Kier alpha value is -0.0800. The van der Waals surface area contributed by atoms with Gasteiger partial charge in [-0.3, -0.25) is 0 Å². The molecule has 1 saturated heterocycles. The van der Waals surface area contributed by atoms with Gasteiger partial charge >= 0.3 is 0 Å². The van der Waals surface area contributed by atoms with Crippen molar-refractivity contribution in [2.75, 3.05) is 13.2 Å². The second-order valence-electron chi connectivity index (χ2n) is 3.17. The molecule has 1 fully saturated rings. The molecule has 2 N–H and O–H groups in total. The van der Waals surface area contributed by atoms with Crippen molar-refractivity contribution in [3.8, 4) is 0 Å². The van der Waals surface area contributed by atoms with Gasteiger partial charge in [-0.2, -0.15) is 0 Å². The fraction of sp³-hybridized carbons (Fsp3) is 1.00. The van der Waals surface area contributed by atoms with E-state index < -0.39 is 0 Å². The van der Waals surface area contributed by atoms with Crippen molar-refractivity contribution < 1.29 is 4.74 Å². The fourth-order valence-corrected chi connectivity index (χ4v) is 1.33. The summed E-state index contributed by atoms with van der Waals surface area (Å²) >= 11 is 0. The Kier molecular flexibility index (Phi) is 1.78. The first-order valence-corrected chi connectivity index (χ1v) is 3.51. The summed E-state index contributed by atoms with van der Waals surface area (Å²) in [5.41, 5.74) is 5.57. The first-order valence-electron chi connectivity index (χ1n) is 3.51. The van der Waals surface area contributed by atoms with Crippen LogP contribution in [0.15, 0.2) is 0 Å². The lowest BCUT2D eigenvalue weighted by Crippen LogP contribution is -2.32. The molecule has 0 aromatic rings. The lowest BCUT2D eigenvalue weighted by Gasteiger charge is -2.23. The maximum Gasteiger partial charge on any atom is 0.0667 e. The third-order valence-corrected chi connectivity index (χ3v) is 2.21. The molecule has 0 spiro atoms. The molecule has 0 aromatic heterocycles. The number of rotatable bonds is 1. The Morgan fingerprint density at radius 1 is 1.67 bits per heavy atom. The smallest absolute Gasteiger partial charge is 0.0667 e. The summed E-state index contributed by atoms with van der Waals surface area (Å²) in [5.74, 6) is 0.567. The fourth-order valence-electron chi connectivity index (χ4n) is 1.33. The molecule has 0 unspecified atom stereocenters. The molecule has 1 aliphatic heterocycles. The molecule has 54 valence electrons. The summed E-state index contributed by atoms with van der Waals surface area (Å²) in [7, 11) is 0. The summed E-state index contributed by atoms with van der Waals surface area (Å²) in [6, 6.07) is 0. The van der Waals surface area contributed by atoms with E-state index >= 15 is 0 Å². The van der Waals surface area contributed by atoms with E-state index in [0.717, 1.165) is 19.6 Å². The average molecular weight is 129 g/mol. The lowest BCUT2D eigenvalue weighted by atomic mass is 9.91. The van der Waals surface area contributed by atoms with Crippen LogP contribution < -0.4 is 5.73 Å². The van der Waals surface area contributed by atoms with E-state index in [1.54, 1.807) is 0 Å². The highest BCUT2D eigenvalue weighted by atomic mass is 16.5. The van der Waals surface area contributed by atoms with Crippen molar-refractivity contribution in [3.63, 3.8) is 0 Å². The van der Waals surface area contributed by atoms with Gasteiger partial charge in [-0.1, -0.05) is 0 Å². The van der Waals surface area contributed by atoms with Crippen LogP contribution in [-0.2, 0) is 4.74 Å². The van der Waals surface area contributed by atoms with Gasteiger partial charge in [0.15, 0.2) is 0 Å². The van der Waals surface area contributed by atoms with Crippen LogP contribution in [-0.4, -0.2) is 18.8 Å². The Morgan fingerprint density at radius 3 is 2.56 bits per heavy atom. The van der Waals surface area contributed by atoms with Gasteiger partial charge in [-0.05, 0) is 26.8 Å². The second kappa shape index (κ2) is 2.27. The summed E-state index contributed by atoms with van der Waals surface area (Å²) in [5, 5.41) is 0. The number of nitrogens with two attached hydrogens (primary N) is 1. The van der Waals surface area contributed by atoms with Crippen molar-refractivity contribution >= 4 is 0 Å². The minimum absolute atomic E-state index is 0.0365. The minimum atomic E-state index is 0.0365. The third-order valence-electron chi connectivity index (χ3n) is 2.21. The first-order chi connectivity index (χ1) is 4.17. The van der Waals surface area contributed by atoms with Crippen molar-refractivity contribution in [3.05, 3.63) is 0 Å². The van der Waals surface area contributed by atoms with Gasteiger partial charge in [-0.15, -0.1) is 0 Å².